The monoisotopic (exact) mass is 397 g/mol. The normalized spacial score (nSPS) is 23.6. The third-order valence-corrected chi connectivity index (χ3v) is 7.76. The van der Waals surface area contributed by atoms with E-state index in [4.69, 9.17) is 11.6 Å². The van der Waals surface area contributed by atoms with Gasteiger partial charge in [-0.3, -0.25) is 4.79 Å². The fourth-order valence-electron chi connectivity index (χ4n) is 4.00. The summed E-state index contributed by atoms with van der Waals surface area (Å²) in [6.07, 6.45) is 7.88. The average Bonchev–Trinajstić information content (AvgIpc) is 3.46. The van der Waals surface area contributed by atoms with Crippen LogP contribution in [-0.2, 0) is 14.6 Å². The Morgan fingerprint density at radius 3 is 2.08 bits per heavy atom. The van der Waals surface area contributed by atoms with E-state index in [0.717, 1.165) is 31.6 Å². The van der Waals surface area contributed by atoms with Crippen molar-refractivity contribution in [3.8, 4) is 0 Å². The van der Waals surface area contributed by atoms with Crippen molar-refractivity contribution in [3.05, 3.63) is 29.3 Å². The molecule has 2 aliphatic carbocycles. The van der Waals surface area contributed by atoms with Crippen LogP contribution in [0.3, 0.4) is 0 Å². The second kappa shape index (κ2) is 8.30. The molecule has 0 aromatic heterocycles. The molecule has 4 nitrogen and oxygen atoms in total. The molecule has 0 saturated heterocycles. The van der Waals surface area contributed by atoms with E-state index >= 15 is 0 Å². The molecule has 1 amide bonds. The Morgan fingerprint density at radius 1 is 1.04 bits per heavy atom. The molecule has 6 heteroatoms. The van der Waals surface area contributed by atoms with Crippen LogP contribution in [0.2, 0.25) is 5.02 Å². The summed E-state index contributed by atoms with van der Waals surface area (Å²) in [5, 5.41) is 0.502. The fourth-order valence-corrected chi connectivity index (χ4v) is 5.36. The molecule has 0 bridgehead atoms. The summed E-state index contributed by atoms with van der Waals surface area (Å²) >= 11 is 5.82. The van der Waals surface area contributed by atoms with Crippen LogP contribution in [0.25, 0.3) is 0 Å². The number of halogens is 1. The van der Waals surface area contributed by atoms with Gasteiger partial charge in [-0.2, -0.15) is 0 Å². The molecule has 2 fully saturated rings. The lowest BCUT2D eigenvalue weighted by molar-refractivity contribution is -0.134. The van der Waals surface area contributed by atoms with E-state index in [0.29, 0.717) is 17.1 Å². The van der Waals surface area contributed by atoms with Crippen LogP contribution in [-0.4, -0.2) is 37.1 Å². The third kappa shape index (κ3) is 4.80. The molecule has 144 valence electrons. The maximum absolute atomic E-state index is 12.8. The molecule has 0 unspecified atom stereocenters. The van der Waals surface area contributed by atoms with Crippen LogP contribution in [0, 0.1) is 5.92 Å². The molecule has 1 aromatic carbocycles. The Balaban J connectivity index is 1.61. The van der Waals surface area contributed by atoms with Crippen molar-refractivity contribution < 1.29 is 13.2 Å². The highest BCUT2D eigenvalue weighted by molar-refractivity contribution is 7.91. The molecule has 1 aromatic rings. The number of rotatable bonds is 7. The zero-order valence-corrected chi connectivity index (χ0v) is 16.9. The fraction of sp³-hybridized carbons (Fsp3) is 0.650. The van der Waals surface area contributed by atoms with Gasteiger partial charge in [0.2, 0.25) is 5.91 Å². The number of sulfone groups is 1. The first-order valence-corrected chi connectivity index (χ1v) is 11.7. The molecule has 2 aliphatic rings. The van der Waals surface area contributed by atoms with Gasteiger partial charge in [0.1, 0.15) is 0 Å². The second-order valence-electron chi connectivity index (χ2n) is 7.64. The van der Waals surface area contributed by atoms with Gasteiger partial charge in [-0.05, 0) is 68.7 Å². The zero-order valence-electron chi connectivity index (χ0n) is 15.4. The molecular weight excluding hydrogens is 370 g/mol. The van der Waals surface area contributed by atoms with E-state index in [1.54, 1.807) is 12.1 Å². The highest BCUT2D eigenvalue weighted by Gasteiger charge is 2.38. The lowest BCUT2D eigenvalue weighted by Gasteiger charge is -2.37. The first-order valence-electron chi connectivity index (χ1n) is 9.70. The highest BCUT2D eigenvalue weighted by atomic mass is 35.5. The summed E-state index contributed by atoms with van der Waals surface area (Å²) in [5.41, 5.74) is 0. The molecule has 2 saturated carbocycles. The van der Waals surface area contributed by atoms with Crippen molar-refractivity contribution in [3.63, 3.8) is 0 Å². The predicted molar refractivity (Wildman–Crippen MR) is 104 cm³/mol. The average molecular weight is 398 g/mol. The zero-order chi connectivity index (χ0) is 18.7. The number of nitrogens with zero attached hydrogens (tertiary/aromatic N) is 1. The van der Waals surface area contributed by atoms with Gasteiger partial charge in [-0.25, -0.2) is 8.42 Å². The van der Waals surface area contributed by atoms with Crippen LogP contribution in [0.4, 0.5) is 0 Å². The van der Waals surface area contributed by atoms with Crippen LogP contribution in [0.15, 0.2) is 29.2 Å². The Labute approximate surface area is 161 Å². The molecule has 0 atom stereocenters. The maximum Gasteiger partial charge on any atom is 0.224 e. The molecule has 26 heavy (non-hydrogen) atoms. The van der Waals surface area contributed by atoms with Crippen molar-refractivity contribution in [1.82, 2.24) is 4.90 Å². The smallest absolute Gasteiger partial charge is 0.224 e. The van der Waals surface area contributed by atoms with Crippen LogP contribution >= 0.6 is 11.6 Å². The van der Waals surface area contributed by atoms with Crippen LogP contribution in [0.1, 0.15) is 58.3 Å². The van der Waals surface area contributed by atoms with E-state index in [2.05, 4.69) is 6.92 Å². The largest absolute Gasteiger partial charge is 0.337 e. The molecule has 0 radical (unpaired) electrons. The number of hydrogen-bond donors (Lipinski definition) is 0. The summed E-state index contributed by atoms with van der Waals surface area (Å²) in [4.78, 5) is 15.1. The summed E-state index contributed by atoms with van der Waals surface area (Å²) in [6.45, 7) is 2.23. The van der Waals surface area contributed by atoms with Gasteiger partial charge in [0, 0.05) is 23.5 Å². The van der Waals surface area contributed by atoms with Crippen LogP contribution in [0.5, 0.6) is 0 Å². The van der Waals surface area contributed by atoms with Gasteiger partial charge < -0.3 is 4.90 Å². The maximum atomic E-state index is 12.8. The third-order valence-electron chi connectivity index (χ3n) is 5.77. The number of amides is 1. The summed E-state index contributed by atoms with van der Waals surface area (Å²) in [7, 11) is -3.46. The summed E-state index contributed by atoms with van der Waals surface area (Å²) < 4.78 is 25.0. The minimum absolute atomic E-state index is 0.00462. The van der Waals surface area contributed by atoms with Crippen molar-refractivity contribution in [2.75, 3.05) is 5.75 Å². The first-order chi connectivity index (χ1) is 12.4. The van der Waals surface area contributed by atoms with Gasteiger partial charge in [0.25, 0.3) is 0 Å². The summed E-state index contributed by atoms with van der Waals surface area (Å²) in [5.74, 6) is 0.652. The minimum Gasteiger partial charge on any atom is -0.337 e. The molecule has 0 aliphatic heterocycles. The van der Waals surface area contributed by atoms with E-state index in [-0.39, 0.29) is 23.0 Å². The van der Waals surface area contributed by atoms with Crippen LogP contribution < -0.4 is 0 Å². The van der Waals surface area contributed by atoms with E-state index in [1.807, 2.05) is 4.90 Å². The Kier molecular flexibility index (Phi) is 6.29. The van der Waals surface area contributed by atoms with Gasteiger partial charge in [-0.15, -0.1) is 0 Å². The lowest BCUT2D eigenvalue weighted by atomic mass is 9.84. The van der Waals surface area contributed by atoms with Crippen molar-refractivity contribution in [1.29, 1.82) is 0 Å². The lowest BCUT2D eigenvalue weighted by Crippen LogP contribution is -2.44. The number of carbonyl (C=O) groups is 1. The highest BCUT2D eigenvalue weighted by Crippen LogP contribution is 2.36. The van der Waals surface area contributed by atoms with E-state index in [9.17, 15) is 13.2 Å². The standard InChI is InChI=1S/C20H28ClNO3S/c1-2-15-3-7-17(8-4-15)22(18-9-10-18)20(23)13-14-26(24,25)19-11-5-16(21)6-12-19/h5-6,11-12,15,17-18H,2-4,7-10,13-14H2,1H3. The summed E-state index contributed by atoms with van der Waals surface area (Å²) in [6, 6.07) is 6.79. The van der Waals surface area contributed by atoms with Gasteiger partial charge in [0.15, 0.2) is 9.84 Å². The van der Waals surface area contributed by atoms with Gasteiger partial charge >= 0.3 is 0 Å². The molecule has 0 heterocycles. The van der Waals surface area contributed by atoms with Crippen molar-refractivity contribution >= 4 is 27.3 Å². The van der Waals surface area contributed by atoms with Crippen molar-refractivity contribution in [2.24, 2.45) is 5.92 Å². The molecule has 3 rings (SSSR count). The Hall–Kier alpha value is -1.07. The molecule has 0 N–H and O–H groups in total. The second-order valence-corrected chi connectivity index (χ2v) is 10.2. The van der Waals surface area contributed by atoms with E-state index in [1.165, 1.54) is 31.4 Å². The first kappa shape index (κ1) is 19.7. The number of benzene rings is 1. The van der Waals surface area contributed by atoms with E-state index < -0.39 is 9.84 Å². The molecular formula is C20H28ClNO3S. The molecule has 0 spiro atoms. The topological polar surface area (TPSA) is 54.5 Å². The Bertz CT molecular complexity index is 720. The quantitative estimate of drug-likeness (QED) is 0.682. The van der Waals surface area contributed by atoms with Gasteiger partial charge in [-0.1, -0.05) is 24.9 Å². The minimum atomic E-state index is -3.46. The Morgan fingerprint density at radius 2 is 1.58 bits per heavy atom. The predicted octanol–water partition coefficient (Wildman–Crippen LogP) is 4.46. The SMILES string of the molecule is CCC1CCC(N(C(=O)CCS(=O)(=O)c2ccc(Cl)cc2)C2CC2)CC1. The number of carbonyl (C=O) groups excluding carboxylic acids is 1. The van der Waals surface area contributed by atoms with Crippen molar-refractivity contribution in [2.45, 2.75) is 75.3 Å². The van der Waals surface area contributed by atoms with Gasteiger partial charge in [0.05, 0.1) is 10.6 Å². The number of hydrogen-bond acceptors (Lipinski definition) is 3.